The standard InChI is InChI=1S/C10H8F6N4O2/c11-9(12,13)6-1-4-19(18-6)5-7(21)20-8(22,2-3-17-20)10(14,15)16/h1-4,17,22H,5H2/t8-/m1/s1. The van der Waals surface area contributed by atoms with Crippen LogP contribution in [0.2, 0.25) is 0 Å². The number of carbonyl (C=O) groups is 1. The molecule has 122 valence electrons. The number of alkyl halides is 6. The van der Waals surface area contributed by atoms with Crippen LogP contribution in [0.25, 0.3) is 0 Å². The monoisotopic (exact) mass is 330 g/mol. The molecular weight excluding hydrogens is 322 g/mol. The summed E-state index contributed by atoms with van der Waals surface area (Å²) in [5.41, 5.74) is -2.99. The average Bonchev–Trinajstić information content (AvgIpc) is 2.94. The SMILES string of the molecule is O=C(Cn1ccc(C(F)(F)F)n1)N1NC=C[C@@]1(O)C(F)(F)F. The lowest BCUT2D eigenvalue weighted by Gasteiger charge is -2.33. The van der Waals surface area contributed by atoms with Crippen molar-refractivity contribution in [3.05, 3.63) is 30.2 Å². The van der Waals surface area contributed by atoms with Gasteiger partial charge in [-0.3, -0.25) is 9.48 Å². The van der Waals surface area contributed by atoms with Crippen molar-refractivity contribution in [2.24, 2.45) is 0 Å². The van der Waals surface area contributed by atoms with Gasteiger partial charge in [-0.25, -0.2) is 5.01 Å². The minimum Gasteiger partial charge on any atom is -0.359 e. The Labute approximate surface area is 118 Å². The number of nitrogens with zero attached hydrogens (tertiary/aromatic N) is 3. The summed E-state index contributed by atoms with van der Waals surface area (Å²) in [7, 11) is 0. The quantitative estimate of drug-likeness (QED) is 0.794. The second kappa shape index (κ2) is 4.90. The van der Waals surface area contributed by atoms with E-state index in [0.717, 1.165) is 6.20 Å². The van der Waals surface area contributed by atoms with E-state index >= 15 is 0 Å². The Morgan fingerprint density at radius 3 is 2.45 bits per heavy atom. The van der Waals surface area contributed by atoms with Crippen molar-refractivity contribution >= 4 is 5.91 Å². The number of hydrogen-bond donors (Lipinski definition) is 2. The maximum absolute atomic E-state index is 12.7. The summed E-state index contributed by atoms with van der Waals surface area (Å²) in [6, 6.07) is 0.568. The molecule has 1 atom stereocenters. The number of rotatable bonds is 2. The van der Waals surface area contributed by atoms with E-state index in [9.17, 15) is 36.2 Å². The molecule has 0 fully saturated rings. The first kappa shape index (κ1) is 16.1. The van der Waals surface area contributed by atoms with Crippen molar-refractivity contribution in [2.75, 3.05) is 0 Å². The third-order valence-electron chi connectivity index (χ3n) is 2.76. The van der Waals surface area contributed by atoms with Crippen LogP contribution in [0.5, 0.6) is 0 Å². The van der Waals surface area contributed by atoms with E-state index in [-0.39, 0.29) is 5.01 Å². The molecule has 1 aromatic heterocycles. The van der Waals surface area contributed by atoms with Crippen molar-refractivity contribution in [1.82, 2.24) is 20.2 Å². The zero-order valence-corrected chi connectivity index (χ0v) is 10.5. The van der Waals surface area contributed by atoms with Crippen molar-refractivity contribution in [2.45, 2.75) is 24.6 Å². The summed E-state index contributed by atoms with van der Waals surface area (Å²) in [5, 5.41) is 12.4. The number of carbonyl (C=O) groups excluding carboxylic acids is 1. The van der Waals surface area contributed by atoms with Gasteiger partial charge < -0.3 is 10.5 Å². The van der Waals surface area contributed by atoms with Gasteiger partial charge in [0, 0.05) is 12.4 Å². The summed E-state index contributed by atoms with van der Waals surface area (Å²) >= 11 is 0. The molecule has 0 saturated carbocycles. The number of nitrogens with one attached hydrogen (secondary N) is 1. The number of aliphatic hydroxyl groups is 1. The molecule has 2 heterocycles. The molecule has 1 aromatic rings. The third-order valence-corrected chi connectivity index (χ3v) is 2.76. The Morgan fingerprint density at radius 1 is 1.32 bits per heavy atom. The minimum atomic E-state index is -5.19. The molecule has 0 radical (unpaired) electrons. The summed E-state index contributed by atoms with van der Waals surface area (Å²) in [6.45, 7) is -0.927. The lowest BCUT2D eigenvalue weighted by molar-refractivity contribution is -0.289. The van der Waals surface area contributed by atoms with Gasteiger partial charge in [-0.2, -0.15) is 31.4 Å². The first-order chi connectivity index (χ1) is 9.95. The Kier molecular flexibility index (Phi) is 3.59. The highest BCUT2D eigenvalue weighted by molar-refractivity contribution is 5.77. The van der Waals surface area contributed by atoms with Gasteiger partial charge in [0.25, 0.3) is 11.6 Å². The van der Waals surface area contributed by atoms with Crippen LogP contribution in [0.3, 0.4) is 0 Å². The predicted molar refractivity (Wildman–Crippen MR) is 57.4 cm³/mol. The van der Waals surface area contributed by atoms with Gasteiger partial charge in [-0.1, -0.05) is 0 Å². The van der Waals surface area contributed by atoms with Crippen LogP contribution in [-0.4, -0.2) is 37.7 Å². The summed E-state index contributed by atoms with van der Waals surface area (Å²) in [6.07, 6.45) is -8.15. The summed E-state index contributed by atoms with van der Waals surface area (Å²) in [4.78, 5) is 11.8. The fourth-order valence-corrected chi connectivity index (χ4v) is 1.69. The van der Waals surface area contributed by atoms with Crippen LogP contribution in [0.15, 0.2) is 24.5 Å². The molecule has 2 N–H and O–H groups in total. The van der Waals surface area contributed by atoms with E-state index in [0.29, 0.717) is 23.0 Å². The molecule has 1 amide bonds. The number of halogens is 6. The lowest BCUT2D eigenvalue weighted by atomic mass is 10.2. The molecular formula is C10H8F6N4O2. The molecule has 0 saturated heterocycles. The molecule has 0 aliphatic carbocycles. The topological polar surface area (TPSA) is 70.4 Å². The van der Waals surface area contributed by atoms with Gasteiger partial charge in [0.05, 0.1) is 0 Å². The zero-order valence-electron chi connectivity index (χ0n) is 10.5. The van der Waals surface area contributed by atoms with E-state index in [1.165, 1.54) is 0 Å². The Morgan fingerprint density at radius 2 is 1.95 bits per heavy atom. The van der Waals surface area contributed by atoms with E-state index in [2.05, 4.69) is 5.10 Å². The average molecular weight is 330 g/mol. The van der Waals surface area contributed by atoms with Crippen LogP contribution in [0, 0.1) is 0 Å². The number of amides is 1. The fourth-order valence-electron chi connectivity index (χ4n) is 1.69. The highest BCUT2D eigenvalue weighted by Gasteiger charge is 2.60. The van der Waals surface area contributed by atoms with Crippen molar-refractivity contribution in [1.29, 1.82) is 0 Å². The van der Waals surface area contributed by atoms with E-state index in [4.69, 9.17) is 0 Å². The van der Waals surface area contributed by atoms with Gasteiger partial charge in [-0.05, 0) is 12.1 Å². The Balaban J connectivity index is 2.15. The molecule has 1 aliphatic heterocycles. The number of hydrazine groups is 1. The first-order valence-corrected chi connectivity index (χ1v) is 5.62. The van der Waals surface area contributed by atoms with Crippen LogP contribution < -0.4 is 5.43 Å². The van der Waals surface area contributed by atoms with Gasteiger partial charge in [0.2, 0.25) is 0 Å². The van der Waals surface area contributed by atoms with E-state index in [1.54, 1.807) is 0 Å². The highest BCUT2D eigenvalue weighted by atomic mass is 19.4. The van der Waals surface area contributed by atoms with Crippen molar-refractivity contribution < 1.29 is 36.2 Å². The molecule has 22 heavy (non-hydrogen) atoms. The smallest absolute Gasteiger partial charge is 0.359 e. The number of aromatic nitrogens is 2. The van der Waals surface area contributed by atoms with E-state index < -0.39 is 36.2 Å². The molecule has 1 aliphatic rings. The predicted octanol–water partition coefficient (Wildman–Crippen LogP) is 1.01. The molecule has 6 nitrogen and oxygen atoms in total. The Hall–Kier alpha value is -2.24. The second-order valence-electron chi connectivity index (χ2n) is 4.31. The summed E-state index contributed by atoms with van der Waals surface area (Å²) < 4.78 is 75.8. The van der Waals surface area contributed by atoms with Crippen LogP contribution >= 0.6 is 0 Å². The number of hydrogen-bond acceptors (Lipinski definition) is 4. The van der Waals surface area contributed by atoms with Crippen LogP contribution in [-0.2, 0) is 17.5 Å². The first-order valence-electron chi connectivity index (χ1n) is 5.62. The molecule has 0 bridgehead atoms. The van der Waals surface area contributed by atoms with Gasteiger partial charge >= 0.3 is 12.4 Å². The minimum absolute atomic E-state index is 0.137. The van der Waals surface area contributed by atoms with Gasteiger partial charge in [0.15, 0.2) is 5.69 Å². The molecule has 12 heteroatoms. The third kappa shape index (κ3) is 2.73. The molecule has 0 spiro atoms. The fraction of sp³-hybridized carbons (Fsp3) is 0.400. The highest BCUT2D eigenvalue weighted by Crippen LogP contribution is 2.36. The van der Waals surface area contributed by atoms with E-state index in [1.807, 2.05) is 5.43 Å². The normalized spacial score (nSPS) is 22.0. The molecule has 2 rings (SSSR count). The lowest BCUT2D eigenvalue weighted by Crippen LogP contribution is -2.61. The van der Waals surface area contributed by atoms with Crippen LogP contribution in [0.1, 0.15) is 5.69 Å². The van der Waals surface area contributed by atoms with Crippen molar-refractivity contribution in [3.63, 3.8) is 0 Å². The molecule has 0 aromatic carbocycles. The zero-order chi connectivity index (χ0) is 16.8. The van der Waals surface area contributed by atoms with Gasteiger partial charge in [0.1, 0.15) is 6.54 Å². The van der Waals surface area contributed by atoms with Crippen molar-refractivity contribution in [3.8, 4) is 0 Å². The maximum Gasteiger partial charge on any atom is 0.442 e. The molecule has 0 unspecified atom stereocenters. The summed E-state index contributed by atoms with van der Waals surface area (Å²) in [5.74, 6) is -1.33. The van der Waals surface area contributed by atoms with Crippen LogP contribution in [0.4, 0.5) is 26.3 Å². The second-order valence-corrected chi connectivity index (χ2v) is 4.31. The largest absolute Gasteiger partial charge is 0.442 e. The Bertz CT molecular complexity index is 607. The van der Waals surface area contributed by atoms with Gasteiger partial charge in [-0.15, -0.1) is 0 Å². The maximum atomic E-state index is 12.7.